The Labute approximate surface area is 100 Å². The average molecular weight is 292 g/mol. The fourth-order valence-electron chi connectivity index (χ4n) is 1.15. The minimum Gasteiger partial charge on any atom is -0.378 e. The smallest absolute Gasteiger partial charge is 0.293 e. The van der Waals surface area contributed by atoms with Crippen molar-refractivity contribution in [2.24, 2.45) is 0 Å². The third-order valence-corrected chi connectivity index (χ3v) is 2.53. The lowest BCUT2D eigenvalue weighted by Crippen LogP contribution is -2.18. The van der Waals surface area contributed by atoms with Gasteiger partial charge in [0.05, 0.1) is 9.40 Å². The van der Waals surface area contributed by atoms with E-state index in [4.69, 9.17) is 0 Å². The van der Waals surface area contributed by atoms with E-state index >= 15 is 0 Å². The number of benzene rings is 1. The van der Waals surface area contributed by atoms with E-state index in [1.165, 1.54) is 0 Å². The van der Waals surface area contributed by atoms with Crippen molar-refractivity contribution >= 4 is 27.3 Å². The lowest BCUT2D eigenvalue weighted by Gasteiger charge is -2.07. The summed E-state index contributed by atoms with van der Waals surface area (Å²) in [7, 11) is 1.76. The van der Waals surface area contributed by atoms with Crippen LogP contribution in [0.15, 0.2) is 16.6 Å². The first kappa shape index (κ1) is 12.9. The summed E-state index contributed by atoms with van der Waals surface area (Å²) in [5.41, 5.74) is 0.0327. The molecule has 0 amide bonds. The van der Waals surface area contributed by atoms with Crippen molar-refractivity contribution < 1.29 is 9.31 Å². The molecule has 0 aliphatic rings. The van der Waals surface area contributed by atoms with Gasteiger partial charge in [-0.1, -0.05) is 0 Å². The SMILES string of the molecule is CNCCNc1cc(F)c(Br)cc1[N+](=O)[O-]. The highest BCUT2D eigenvalue weighted by Gasteiger charge is 2.16. The second-order valence-electron chi connectivity index (χ2n) is 3.07. The van der Waals surface area contributed by atoms with E-state index in [1.807, 2.05) is 0 Å². The lowest BCUT2D eigenvalue weighted by molar-refractivity contribution is -0.384. The van der Waals surface area contributed by atoms with Crippen LogP contribution < -0.4 is 10.6 Å². The van der Waals surface area contributed by atoms with Crippen LogP contribution in [0.5, 0.6) is 0 Å². The molecule has 5 nitrogen and oxygen atoms in total. The van der Waals surface area contributed by atoms with E-state index in [-0.39, 0.29) is 15.8 Å². The van der Waals surface area contributed by atoms with Gasteiger partial charge in [0.15, 0.2) is 0 Å². The molecule has 0 aliphatic carbocycles. The van der Waals surface area contributed by atoms with Crippen LogP contribution in [0.3, 0.4) is 0 Å². The van der Waals surface area contributed by atoms with Crippen molar-refractivity contribution in [1.82, 2.24) is 5.32 Å². The van der Waals surface area contributed by atoms with E-state index in [0.717, 1.165) is 12.1 Å². The number of nitro benzene ring substituents is 1. The molecular weight excluding hydrogens is 281 g/mol. The number of nitrogens with one attached hydrogen (secondary N) is 2. The highest BCUT2D eigenvalue weighted by atomic mass is 79.9. The van der Waals surface area contributed by atoms with Gasteiger partial charge in [-0.05, 0) is 23.0 Å². The third-order valence-electron chi connectivity index (χ3n) is 1.93. The zero-order valence-electron chi connectivity index (χ0n) is 8.59. The molecule has 0 heterocycles. The fraction of sp³-hybridized carbons (Fsp3) is 0.333. The van der Waals surface area contributed by atoms with Crippen LogP contribution in [-0.2, 0) is 0 Å². The zero-order valence-corrected chi connectivity index (χ0v) is 10.2. The second kappa shape index (κ2) is 5.76. The van der Waals surface area contributed by atoms with Crippen LogP contribution in [0, 0.1) is 15.9 Å². The Morgan fingerprint density at radius 2 is 2.19 bits per heavy atom. The molecule has 0 saturated heterocycles. The minimum absolute atomic E-state index is 0.0818. The Morgan fingerprint density at radius 1 is 1.50 bits per heavy atom. The van der Waals surface area contributed by atoms with Gasteiger partial charge in [-0.25, -0.2) is 4.39 Å². The summed E-state index contributed by atoms with van der Waals surface area (Å²) in [6, 6.07) is 2.26. The van der Waals surface area contributed by atoms with Crippen molar-refractivity contribution in [2.45, 2.75) is 0 Å². The van der Waals surface area contributed by atoms with Crippen LogP contribution in [0.1, 0.15) is 0 Å². The summed E-state index contributed by atoms with van der Waals surface area (Å²) >= 11 is 2.91. The first-order chi connectivity index (χ1) is 7.56. The van der Waals surface area contributed by atoms with Gasteiger partial charge in [0.25, 0.3) is 5.69 Å². The Hall–Kier alpha value is -1.21. The fourth-order valence-corrected chi connectivity index (χ4v) is 1.48. The highest BCUT2D eigenvalue weighted by molar-refractivity contribution is 9.10. The molecule has 1 rings (SSSR count). The Kier molecular flexibility index (Phi) is 4.63. The molecule has 0 saturated carbocycles. The second-order valence-corrected chi connectivity index (χ2v) is 3.93. The van der Waals surface area contributed by atoms with Crippen LogP contribution in [-0.4, -0.2) is 25.1 Å². The molecule has 0 aromatic heterocycles. The Balaban J connectivity index is 2.95. The maximum absolute atomic E-state index is 13.2. The van der Waals surface area contributed by atoms with E-state index < -0.39 is 10.7 Å². The number of halogens is 2. The van der Waals surface area contributed by atoms with Gasteiger partial charge < -0.3 is 10.6 Å². The first-order valence-corrected chi connectivity index (χ1v) is 5.37. The average Bonchev–Trinajstić information content (AvgIpc) is 2.23. The summed E-state index contributed by atoms with van der Waals surface area (Å²) < 4.78 is 13.3. The van der Waals surface area contributed by atoms with Crippen LogP contribution in [0.25, 0.3) is 0 Å². The van der Waals surface area contributed by atoms with Gasteiger partial charge in [-0.15, -0.1) is 0 Å². The molecule has 88 valence electrons. The monoisotopic (exact) mass is 291 g/mol. The van der Waals surface area contributed by atoms with E-state index in [2.05, 4.69) is 26.6 Å². The molecule has 0 spiro atoms. The van der Waals surface area contributed by atoms with Gasteiger partial charge in [0.2, 0.25) is 0 Å². The Bertz CT molecular complexity index is 401. The molecule has 0 unspecified atom stereocenters. The summed E-state index contributed by atoms with van der Waals surface area (Å²) in [6.45, 7) is 1.12. The third kappa shape index (κ3) is 3.14. The number of hydrogen-bond donors (Lipinski definition) is 2. The molecule has 0 bridgehead atoms. The maximum Gasteiger partial charge on any atom is 0.293 e. The van der Waals surface area contributed by atoms with Gasteiger partial charge in [0.1, 0.15) is 11.5 Å². The van der Waals surface area contributed by atoms with Gasteiger partial charge in [-0.2, -0.15) is 0 Å². The van der Waals surface area contributed by atoms with Crippen molar-refractivity contribution in [2.75, 3.05) is 25.5 Å². The largest absolute Gasteiger partial charge is 0.378 e. The summed E-state index contributed by atoms with van der Waals surface area (Å²) in [4.78, 5) is 10.2. The number of nitro groups is 1. The number of anilines is 1. The van der Waals surface area contributed by atoms with Gasteiger partial charge >= 0.3 is 0 Å². The molecule has 1 aromatic carbocycles. The molecule has 16 heavy (non-hydrogen) atoms. The predicted octanol–water partition coefficient (Wildman–Crippen LogP) is 2.13. The van der Waals surface area contributed by atoms with Gasteiger partial charge in [-0.3, -0.25) is 10.1 Å². The van der Waals surface area contributed by atoms with E-state index in [9.17, 15) is 14.5 Å². The summed E-state index contributed by atoms with van der Waals surface area (Å²) in [5, 5.41) is 16.4. The number of rotatable bonds is 5. The maximum atomic E-state index is 13.2. The lowest BCUT2D eigenvalue weighted by atomic mass is 10.2. The summed E-state index contributed by atoms with van der Waals surface area (Å²) in [5.74, 6) is -0.530. The van der Waals surface area contributed by atoms with Gasteiger partial charge in [0, 0.05) is 25.2 Å². The van der Waals surface area contributed by atoms with Crippen molar-refractivity contribution in [1.29, 1.82) is 0 Å². The first-order valence-electron chi connectivity index (χ1n) is 4.58. The van der Waals surface area contributed by atoms with Crippen LogP contribution >= 0.6 is 15.9 Å². The number of hydrogen-bond acceptors (Lipinski definition) is 4. The quantitative estimate of drug-likeness (QED) is 0.495. The predicted molar refractivity (Wildman–Crippen MR) is 63.2 cm³/mol. The molecular formula is C9H11BrFN3O2. The van der Waals surface area contributed by atoms with Crippen molar-refractivity contribution in [3.8, 4) is 0 Å². The zero-order chi connectivity index (χ0) is 12.1. The molecule has 0 radical (unpaired) electrons. The molecule has 0 fully saturated rings. The molecule has 2 N–H and O–H groups in total. The molecule has 0 atom stereocenters. The highest BCUT2D eigenvalue weighted by Crippen LogP contribution is 2.30. The normalized spacial score (nSPS) is 10.2. The standard InChI is InChI=1S/C9H11BrFN3O2/c1-12-2-3-13-8-5-7(11)6(10)4-9(8)14(15)16/h4-5,12-13H,2-3H2,1H3. The van der Waals surface area contributed by atoms with Crippen molar-refractivity contribution in [3.05, 3.63) is 32.5 Å². The summed E-state index contributed by atoms with van der Waals surface area (Å²) in [6.07, 6.45) is 0. The Morgan fingerprint density at radius 3 is 2.75 bits per heavy atom. The number of nitrogens with zero attached hydrogens (tertiary/aromatic N) is 1. The molecule has 0 aliphatic heterocycles. The molecule has 7 heteroatoms. The molecule has 1 aromatic rings. The van der Waals surface area contributed by atoms with E-state index in [1.54, 1.807) is 7.05 Å². The minimum atomic E-state index is -0.550. The van der Waals surface area contributed by atoms with Crippen LogP contribution in [0.2, 0.25) is 0 Å². The van der Waals surface area contributed by atoms with Crippen LogP contribution in [0.4, 0.5) is 15.8 Å². The number of likely N-dealkylation sites (N-methyl/N-ethyl adjacent to an activating group) is 1. The van der Waals surface area contributed by atoms with E-state index in [0.29, 0.717) is 13.1 Å². The topological polar surface area (TPSA) is 67.2 Å². The van der Waals surface area contributed by atoms with Crippen molar-refractivity contribution in [3.63, 3.8) is 0 Å².